The van der Waals surface area contributed by atoms with Crippen LogP contribution in [0.25, 0.3) is 0 Å². The molecule has 0 radical (unpaired) electrons. The molecule has 0 aliphatic carbocycles. The summed E-state index contributed by atoms with van der Waals surface area (Å²) >= 11 is 0. The van der Waals surface area contributed by atoms with Gasteiger partial charge < -0.3 is 21.1 Å². The van der Waals surface area contributed by atoms with Crippen LogP contribution in [-0.2, 0) is 9.59 Å². The molecule has 0 bridgehead atoms. The highest BCUT2D eigenvalue weighted by atomic mass is 16.4. The van der Waals surface area contributed by atoms with Gasteiger partial charge in [-0.1, -0.05) is 0 Å². The van der Waals surface area contributed by atoms with Gasteiger partial charge in [-0.25, -0.2) is 0 Å². The molecule has 0 saturated heterocycles. The molecule has 0 heterocycles. The van der Waals surface area contributed by atoms with Crippen molar-refractivity contribution < 1.29 is 19.5 Å². The van der Waals surface area contributed by atoms with Gasteiger partial charge in [-0.2, -0.15) is 0 Å². The largest absolute Gasteiger partial charge is 0.481 e. The van der Waals surface area contributed by atoms with Gasteiger partial charge in [-0.3, -0.25) is 14.4 Å². The van der Waals surface area contributed by atoms with E-state index in [1.807, 2.05) is 0 Å². The number of amides is 2. The summed E-state index contributed by atoms with van der Waals surface area (Å²) in [5.74, 6) is -1.58. The average molecular weight is 293 g/mol. The Kier molecular flexibility index (Phi) is 5.86. The van der Waals surface area contributed by atoms with E-state index in [1.165, 1.54) is 4.90 Å². The standard InChI is InChI=1S/C14H19N3O4/c1-17(2)14(21)9-3-5-10(6-4-9)16-13(20)11(15)7-8-12(18)19/h3-6,11H,7-8,15H2,1-2H3,(H,16,20)(H,18,19). The van der Waals surface area contributed by atoms with Crippen LogP contribution in [0.3, 0.4) is 0 Å². The lowest BCUT2D eigenvalue weighted by atomic mass is 10.1. The molecular weight excluding hydrogens is 274 g/mol. The lowest BCUT2D eigenvalue weighted by Crippen LogP contribution is -2.36. The first kappa shape index (κ1) is 16.6. The fourth-order valence-electron chi connectivity index (χ4n) is 1.60. The van der Waals surface area contributed by atoms with Crippen LogP contribution in [0.4, 0.5) is 5.69 Å². The second-order valence-corrected chi connectivity index (χ2v) is 4.81. The smallest absolute Gasteiger partial charge is 0.303 e. The van der Waals surface area contributed by atoms with Crippen molar-refractivity contribution in [2.45, 2.75) is 18.9 Å². The molecule has 2 amide bonds. The minimum absolute atomic E-state index is 0.0678. The predicted molar refractivity (Wildman–Crippen MR) is 77.9 cm³/mol. The second kappa shape index (κ2) is 7.39. The minimum Gasteiger partial charge on any atom is -0.481 e. The Labute approximate surface area is 122 Å². The number of hydrogen-bond donors (Lipinski definition) is 3. The highest BCUT2D eigenvalue weighted by molar-refractivity contribution is 5.97. The Bertz CT molecular complexity index is 526. The van der Waals surface area contributed by atoms with Crippen molar-refractivity contribution in [1.82, 2.24) is 4.90 Å². The number of carboxylic acid groups (broad SMARTS) is 1. The molecule has 0 aliphatic rings. The van der Waals surface area contributed by atoms with E-state index < -0.39 is 17.9 Å². The molecule has 7 nitrogen and oxygen atoms in total. The average Bonchev–Trinajstić information content (AvgIpc) is 2.44. The Morgan fingerprint density at radius 1 is 1.24 bits per heavy atom. The molecule has 1 rings (SSSR count). The molecule has 4 N–H and O–H groups in total. The van der Waals surface area contributed by atoms with Crippen LogP contribution in [0.2, 0.25) is 0 Å². The number of carbonyl (C=O) groups is 3. The highest BCUT2D eigenvalue weighted by Gasteiger charge is 2.15. The highest BCUT2D eigenvalue weighted by Crippen LogP contribution is 2.11. The van der Waals surface area contributed by atoms with Gasteiger partial charge in [0.2, 0.25) is 5.91 Å². The van der Waals surface area contributed by atoms with Crippen molar-refractivity contribution in [2.24, 2.45) is 5.73 Å². The van der Waals surface area contributed by atoms with Crippen molar-refractivity contribution in [3.05, 3.63) is 29.8 Å². The van der Waals surface area contributed by atoms with Crippen LogP contribution in [0, 0.1) is 0 Å². The number of benzene rings is 1. The van der Waals surface area contributed by atoms with Crippen LogP contribution in [0.15, 0.2) is 24.3 Å². The Hall–Kier alpha value is -2.41. The predicted octanol–water partition coefficient (Wildman–Crippen LogP) is 0.519. The number of rotatable bonds is 6. The molecule has 0 aliphatic heterocycles. The number of nitrogens with one attached hydrogen (secondary N) is 1. The van der Waals surface area contributed by atoms with Gasteiger partial charge in [0.05, 0.1) is 6.04 Å². The number of carbonyl (C=O) groups excluding carboxylic acids is 2. The third-order valence-electron chi connectivity index (χ3n) is 2.81. The van der Waals surface area contributed by atoms with Crippen LogP contribution in [-0.4, -0.2) is 47.9 Å². The molecule has 0 spiro atoms. The van der Waals surface area contributed by atoms with Crippen LogP contribution < -0.4 is 11.1 Å². The van der Waals surface area contributed by atoms with Crippen LogP contribution in [0.5, 0.6) is 0 Å². The van der Waals surface area contributed by atoms with E-state index in [-0.39, 0.29) is 18.7 Å². The molecule has 0 saturated carbocycles. The zero-order valence-electron chi connectivity index (χ0n) is 12.0. The van der Waals surface area contributed by atoms with Gasteiger partial charge in [0.25, 0.3) is 5.91 Å². The van der Waals surface area contributed by atoms with E-state index in [9.17, 15) is 14.4 Å². The number of hydrogen-bond acceptors (Lipinski definition) is 4. The lowest BCUT2D eigenvalue weighted by Gasteiger charge is -2.13. The van der Waals surface area contributed by atoms with E-state index in [0.29, 0.717) is 11.3 Å². The fraction of sp³-hybridized carbons (Fsp3) is 0.357. The first-order chi connectivity index (χ1) is 9.81. The summed E-state index contributed by atoms with van der Waals surface area (Å²) in [4.78, 5) is 35.3. The molecule has 0 aromatic heterocycles. The van der Waals surface area contributed by atoms with Crippen molar-refractivity contribution in [1.29, 1.82) is 0 Å². The minimum atomic E-state index is -0.996. The molecule has 21 heavy (non-hydrogen) atoms. The fourth-order valence-corrected chi connectivity index (χ4v) is 1.60. The van der Waals surface area contributed by atoms with Crippen molar-refractivity contribution >= 4 is 23.5 Å². The zero-order valence-corrected chi connectivity index (χ0v) is 12.0. The molecular formula is C14H19N3O4. The van der Waals surface area contributed by atoms with Crippen molar-refractivity contribution in [2.75, 3.05) is 19.4 Å². The topological polar surface area (TPSA) is 113 Å². The number of nitrogens with zero attached hydrogens (tertiary/aromatic N) is 1. The molecule has 1 aromatic carbocycles. The number of nitrogens with two attached hydrogens (primary N) is 1. The van der Waals surface area contributed by atoms with Crippen molar-refractivity contribution in [3.63, 3.8) is 0 Å². The third-order valence-corrected chi connectivity index (χ3v) is 2.81. The van der Waals surface area contributed by atoms with Gasteiger partial charge in [-0.15, -0.1) is 0 Å². The Morgan fingerprint density at radius 3 is 2.29 bits per heavy atom. The van der Waals surface area contributed by atoms with E-state index >= 15 is 0 Å². The summed E-state index contributed by atoms with van der Waals surface area (Å²) in [6, 6.07) is 5.50. The van der Waals surface area contributed by atoms with Crippen LogP contribution >= 0.6 is 0 Å². The summed E-state index contributed by atoms with van der Waals surface area (Å²) < 4.78 is 0. The van der Waals surface area contributed by atoms with Gasteiger partial charge in [0.15, 0.2) is 0 Å². The summed E-state index contributed by atoms with van der Waals surface area (Å²) in [7, 11) is 3.30. The molecule has 114 valence electrons. The maximum Gasteiger partial charge on any atom is 0.303 e. The lowest BCUT2D eigenvalue weighted by molar-refractivity contribution is -0.137. The molecule has 7 heteroatoms. The monoisotopic (exact) mass is 293 g/mol. The summed E-state index contributed by atoms with van der Waals surface area (Å²) in [6.07, 6.45) is -0.0940. The van der Waals surface area contributed by atoms with Gasteiger partial charge in [-0.05, 0) is 30.7 Å². The molecule has 0 fully saturated rings. The maximum absolute atomic E-state index is 11.7. The van der Waals surface area contributed by atoms with Gasteiger partial charge in [0, 0.05) is 31.8 Å². The zero-order chi connectivity index (χ0) is 16.0. The number of anilines is 1. The SMILES string of the molecule is CN(C)C(=O)c1ccc(NC(=O)C(N)CCC(=O)O)cc1. The molecule has 1 unspecified atom stereocenters. The van der Waals surface area contributed by atoms with E-state index in [0.717, 1.165) is 0 Å². The second-order valence-electron chi connectivity index (χ2n) is 4.81. The van der Waals surface area contributed by atoms with Crippen molar-refractivity contribution in [3.8, 4) is 0 Å². The first-order valence-electron chi connectivity index (χ1n) is 6.41. The molecule has 1 aromatic rings. The van der Waals surface area contributed by atoms with E-state index in [2.05, 4.69) is 5.32 Å². The number of aliphatic carboxylic acids is 1. The third kappa shape index (κ3) is 5.23. The first-order valence-corrected chi connectivity index (χ1v) is 6.41. The Morgan fingerprint density at radius 2 is 1.81 bits per heavy atom. The summed E-state index contributed by atoms with van der Waals surface area (Å²) in [5, 5.41) is 11.1. The van der Waals surface area contributed by atoms with E-state index in [1.54, 1.807) is 38.4 Å². The van der Waals surface area contributed by atoms with Crippen LogP contribution in [0.1, 0.15) is 23.2 Å². The summed E-state index contributed by atoms with van der Waals surface area (Å²) in [6.45, 7) is 0. The number of carboxylic acids is 1. The van der Waals surface area contributed by atoms with Gasteiger partial charge in [0.1, 0.15) is 0 Å². The van der Waals surface area contributed by atoms with Gasteiger partial charge >= 0.3 is 5.97 Å². The Balaban J connectivity index is 2.61. The van der Waals surface area contributed by atoms with E-state index in [4.69, 9.17) is 10.8 Å². The summed E-state index contributed by atoms with van der Waals surface area (Å²) in [5.41, 5.74) is 6.60. The molecule has 1 atom stereocenters. The quantitative estimate of drug-likeness (QED) is 0.707. The normalized spacial score (nSPS) is 11.6. The maximum atomic E-state index is 11.7.